The molecule has 0 saturated carbocycles. The molecule has 6 nitrogen and oxygen atoms in total. The lowest BCUT2D eigenvalue weighted by atomic mass is 10.5. The number of nitrogens with zero attached hydrogens (tertiary/aromatic N) is 2. The number of pyridine rings is 1. The van der Waals surface area contributed by atoms with Gasteiger partial charge in [0.05, 0.1) is 0 Å². The Kier molecular flexibility index (Phi) is 5.52. The van der Waals surface area contributed by atoms with Gasteiger partial charge in [-0.25, -0.2) is 18.1 Å². The average molecular weight is 272 g/mol. The number of hydrogen-bond acceptors (Lipinski definition) is 5. The monoisotopic (exact) mass is 272 g/mol. The third-order valence-corrected chi connectivity index (χ3v) is 4.21. The molecule has 3 N–H and O–H groups in total. The van der Waals surface area contributed by atoms with E-state index in [0.29, 0.717) is 13.1 Å². The van der Waals surface area contributed by atoms with E-state index in [4.69, 9.17) is 5.73 Å². The minimum atomic E-state index is -3.57. The fourth-order valence-corrected chi connectivity index (χ4v) is 2.69. The van der Waals surface area contributed by atoms with E-state index < -0.39 is 10.0 Å². The molecule has 0 unspecified atom stereocenters. The molecule has 1 aromatic rings. The summed E-state index contributed by atoms with van der Waals surface area (Å²) in [5.41, 5.74) is 5.55. The zero-order valence-electron chi connectivity index (χ0n) is 10.8. The summed E-state index contributed by atoms with van der Waals surface area (Å²) in [7, 11) is -3.57. The molecule has 0 aliphatic carbocycles. The first-order chi connectivity index (χ1) is 8.51. The second kappa shape index (κ2) is 6.67. The van der Waals surface area contributed by atoms with Gasteiger partial charge in [0.25, 0.3) is 0 Å². The summed E-state index contributed by atoms with van der Waals surface area (Å²) in [4.78, 5) is 5.94. The molecule has 1 rings (SSSR count). The van der Waals surface area contributed by atoms with E-state index in [1.54, 1.807) is 6.07 Å². The molecule has 7 heteroatoms. The summed E-state index contributed by atoms with van der Waals surface area (Å²) in [6, 6.07) is 3.00. The molecule has 0 saturated heterocycles. The maximum absolute atomic E-state index is 12.0. The number of nitrogens with one attached hydrogen (secondary N) is 1. The first kappa shape index (κ1) is 14.9. The summed E-state index contributed by atoms with van der Waals surface area (Å²) in [5.74, 6) is 0.0211. The largest absolute Gasteiger partial charge is 0.383 e. The van der Waals surface area contributed by atoms with Crippen LogP contribution in [0.1, 0.15) is 13.8 Å². The fourth-order valence-electron chi connectivity index (χ4n) is 1.59. The van der Waals surface area contributed by atoms with Crippen molar-refractivity contribution in [3.8, 4) is 0 Å². The summed E-state index contributed by atoms with van der Waals surface area (Å²) in [5, 5.41) is 0. The van der Waals surface area contributed by atoms with Gasteiger partial charge in [-0.05, 0) is 25.2 Å². The van der Waals surface area contributed by atoms with Crippen molar-refractivity contribution in [1.82, 2.24) is 14.6 Å². The zero-order chi connectivity index (χ0) is 13.6. The normalized spacial score (nSPS) is 11.9. The second-order valence-corrected chi connectivity index (χ2v) is 5.55. The first-order valence-electron chi connectivity index (χ1n) is 5.93. The summed E-state index contributed by atoms with van der Waals surface area (Å²) < 4.78 is 26.4. The Morgan fingerprint density at radius 3 is 2.61 bits per heavy atom. The fraction of sp³-hybridized carbons (Fsp3) is 0.545. The van der Waals surface area contributed by atoms with Gasteiger partial charge in [0.15, 0.2) is 0 Å². The summed E-state index contributed by atoms with van der Waals surface area (Å²) in [6.45, 7) is 6.90. The van der Waals surface area contributed by atoms with Crippen LogP contribution in [0, 0.1) is 0 Å². The molecule has 1 heterocycles. The van der Waals surface area contributed by atoms with Gasteiger partial charge >= 0.3 is 0 Å². The molecule has 0 radical (unpaired) electrons. The molecular weight excluding hydrogens is 252 g/mol. The smallest absolute Gasteiger partial charge is 0.244 e. The number of sulfonamides is 1. The van der Waals surface area contributed by atoms with Crippen molar-refractivity contribution in [2.45, 2.75) is 18.7 Å². The molecule has 0 aromatic carbocycles. The predicted molar refractivity (Wildman–Crippen MR) is 71.6 cm³/mol. The van der Waals surface area contributed by atoms with Crippen molar-refractivity contribution in [3.05, 3.63) is 18.3 Å². The Morgan fingerprint density at radius 2 is 2.06 bits per heavy atom. The zero-order valence-corrected chi connectivity index (χ0v) is 11.6. The third-order valence-electron chi connectivity index (χ3n) is 2.70. The van der Waals surface area contributed by atoms with E-state index in [2.05, 4.69) is 14.6 Å². The molecule has 0 aliphatic rings. The van der Waals surface area contributed by atoms with Crippen molar-refractivity contribution >= 4 is 15.8 Å². The van der Waals surface area contributed by atoms with Gasteiger partial charge in [-0.2, -0.15) is 0 Å². The molecule has 0 aliphatic heterocycles. The quantitative estimate of drug-likeness (QED) is 0.744. The molecular formula is C11H20N4O2S. The third kappa shape index (κ3) is 3.94. The lowest BCUT2D eigenvalue weighted by Crippen LogP contribution is -2.35. The SMILES string of the molecule is CCN(CC)CCNS(=O)(=O)c1cccnc1N. The van der Waals surface area contributed by atoms with Gasteiger partial charge < -0.3 is 10.6 Å². The standard InChI is InChI=1S/C11H20N4O2S/c1-3-15(4-2)9-8-14-18(16,17)10-6-5-7-13-11(10)12/h5-7,14H,3-4,8-9H2,1-2H3,(H2,12,13). The van der Waals surface area contributed by atoms with Gasteiger partial charge in [0.1, 0.15) is 10.7 Å². The second-order valence-electron chi connectivity index (χ2n) is 3.81. The molecule has 0 fully saturated rings. The highest BCUT2D eigenvalue weighted by Gasteiger charge is 2.17. The lowest BCUT2D eigenvalue weighted by Gasteiger charge is -2.18. The molecule has 1 aromatic heterocycles. The van der Waals surface area contributed by atoms with Crippen LogP contribution >= 0.6 is 0 Å². The first-order valence-corrected chi connectivity index (χ1v) is 7.42. The van der Waals surface area contributed by atoms with Gasteiger partial charge in [-0.3, -0.25) is 0 Å². The Labute approximate surface area is 108 Å². The Hall–Kier alpha value is -1.18. The van der Waals surface area contributed by atoms with Crippen LogP contribution < -0.4 is 10.5 Å². The number of likely N-dealkylation sites (N-methyl/N-ethyl adjacent to an activating group) is 1. The maximum Gasteiger partial charge on any atom is 0.244 e. The number of anilines is 1. The highest BCUT2D eigenvalue weighted by atomic mass is 32.2. The summed E-state index contributed by atoms with van der Waals surface area (Å²) in [6.07, 6.45) is 1.46. The average Bonchev–Trinajstić information content (AvgIpc) is 2.35. The van der Waals surface area contributed by atoms with Gasteiger partial charge in [0, 0.05) is 19.3 Å². The van der Waals surface area contributed by atoms with Crippen molar-refractivity contribution in [1.29, 1.82) is 0 Å². The number of aromatic nitrogens is 1. The Bertz CT molecular complexity index is 472. The molecule has 18 heavy (non-hydrogen) atoms. The Morgan fingerprint density at radius 1 is 1.39 bits per heavy atom. The van der Waals surface area contributed by atoms with Crippen LogP contribution in [0.25, 0.3) is 0 Å². The number of nitrogen functional groups attached to an aromatic ring is 1. The van der Waals surface area contributed by atoms with Gasteiger partial charge in [-0.1, -0.05) is 13.8 Å². The molecule has 0 bridgehead atoms. The van der Waals surface area contributed by atoms with Gasteiger partial charge in [0.2, 0.25) is 10.0 Å². The highest BCUT2D eigenvalue weighted by Crippen LogP contribution is 2.13. The molecule has 0 atom stereocenters. The van der Waals surface area contributed by atoms with Crippen LogP contribution in [0.3, 0.4) is 0 Å². The van der Waals surface area contributed by atoms with Crippen LogP contribution in [-0.4, -0.2) is 44.5 Å². The highest BCUT2D eigenvalue weighted by molar-refractivity contribution is 7.89. The van der Waals surface area contributed by atoms with Crippen LogP contribution in [-0.2, 0) is 10.0 Å². The van der Waals surface area contributed by atoms with Crippen molar-refractivity contribution in [2.75, 3.05) is 31.9 Å². The molecule has 0 spiro atoms. The van der Waals surface area contributed by atoms with Crippen LogP contribution in [0.4, 0.5) is 5.82 Å². The van der Waals surface area contributed by atoms with E-state index in [0.717, 1.165) is 13.1 Å². The predicted octanol–water partition coefficient (Wildman–Crippen LogP) is 0.284. The van der Waals surface area contributed by atoms with Crippen molar-refractivity contribution < 1.29 is 8.42 Å². The van der Waals surface area contributed by atoms with Crippen molar-refractivity contribution in [3.63, 3.8) is 0 Å². The number of hydrogen-bond donors (Lipinski definition) is 2. The molecule has 102 valence electrons. The van der Waals surface area contributed by atoms with Crippen LogP contribution in [0.2, 0.25) is 0 Å². The Balaban J connectivity index is 2.64. The van der Waals surface area contributed by atoms with E-state index in [1.165, 1.54) is 12.3 Å². The van der Waals surface area contributed by atoms with E-state index in [9.17, 15) is 8.42 Å². The lowest BCUT2D eigenvalue weighted by molar-refractivity contribution is 0.309. The van der Waals surface area contributed by atoms with Crippen LogP contribution in [0.15, 0.2) is 23.2 Å². The van der Waals surface area contributed by atoms with E-state index in [1.807, 2.05) is 13.8 Å². The number of nitrogens with two attached hydrogens (primary N) is 1. The van der Waals surface area contributed by atoms with Crippen LogP contribution in [0.5, 0.6) is 0 Å². The minimum absolute atomic E-state index is 0.0211. The van der Waals surface area contributed by atoms with Gasteiger partial charge in [-0.15, -0.1) is 0 Å². The topological polar surface area (TPSA) is 88.3 Å². The van der Waals surface area contributed by atoms with E-state index in [-0.39, 0.29) is 10.7 Å². The minimum Gasteiger partial charge on any atom is -0.383 e. The summed E-state index contributed by atoms with van der Waals surface area (Å²) >= 11 is 0. The number of rotatable bonds is 7. The molecule has 0 amide bonds. The van der Waals surface area contributed by atoms with E-state index >= 15 is 0 Å². The van der Waals surface area contributed by atoms with Crippen molar-refractivity contribution in [2.24, 2.45) is 0 Å². The maximum atomic E-state index is 12.0.